The Balaban J connectivity index is 0.00000288. The first-order valence-corrected chi connectivity index (χ1v) is 8.31. The molecule has 2 aromatic rings. The predicted molar refractivity (Wildman–Crippen MR) is 105 cm³/mol. The van der Waals surface area contributed by atoms with Crippen LogP contribution in [0.25, 0.3) is 0 Å². The Morgan fingerprint density at radius 2 is 1.71 bits per heavy atom. The average molecular weight is 348 g/mol. The van der Waals surface area contributed by atoms with Crippen molar-refractivity contribution in [3.63, 3.8) is 0 Å². The summed E-state index contributed by atoms with van der Waals surface area (Å²) in [5, 5.41) is 3.33. The molecule has 0 fully saturated rings. The number of nitrogens with one attached hydrogen (secondary N) is 1. The third-order valence-corrected chi connectivity index (χ3v) is 4.11. The van der Waals surface area contributed by atoms with Crippen molar-refractivity contribution in [2.24, 2.45) is 0 Å². The molecule has 2 aromatic carbocycles. The van der Waals surface area contributed by atoms with Crippen molar-refractivity contribution in [1.82, 2.24) is 5.32 Å². The fourth-order valence-corrected chi connectivity index (χ4v) is 2.70. The van der Waals surface area contributed by atoms with Gasteiger partial charge in [0.25, 0.3) is 0 Å². The molecule has 0 saturated carbocycles. The van der Waals surface area contributed by atoms with Gasteiger partial charge in [-0.3, -0.25) is 0 Å². The molecule has 0 aliphatic carbocycles. The molecule has 0 aliphatic heterocycles. The van der Waals surface area contributed by atoms with Gasteiger partial charge < -0.3 is 10.1 Å². The molecule has 0 bridgehead atoms. The van der Waals surface area contributed by atoms with Gasteiger partial charge in [-0.15, -0.1) is 12.4 Å². The van der Waals surface area contributed by atoms with E-state index in [0.717, 1.165) is 0 Å². The summed E-state index contributed by atoms with van der Waals surface area (Å²) in [6.45, 7) is 10.2. The zero-order chi connectivity index (χ0) is 16.9. The van der Waals surface area contributed by atoms with Gasteiger partial charge in [-0.2, -0.15) is 0 Å². The van der Waals surface area contributed by atoms with Crippen LogP contribution in [0, 0.1) is 6.92 Å². The van der Waals surface area contributed by atoms with Gasteiger partial charge in [0, 0.05) is 0 Å². The third kappa shape index (κ3) is 5.94. The molecule has 0 radical (unpaired) electrons. The van der Waals surface area contributed by atoms with Crippen LogP contribution >= 0.6 is 12.4 Å². The minimum atomic E-state index is 0. The smallest absolute Gasteiger partial charge is 0.0718 e. The number of hydrogen-bond acceptors (Lipinski definition) is 2. The standard InChI is InChI=1S/C21H29NO.ClH/c1-16-11-17(13-19(12-16)21(2,3)4)14-23-15-20(22-5)18-9-7-6-8-10-18;/h6-13,20,22H,14-15H2,1-5H3;1H/t20-;/m1./s1. The van der Waals surface area contributed by atoms with E-state index >= 15 is 0 Å². The lowest BCUT2D eigenvalue weighted by Gasteiger charge is -2.21. The molecule has 0 amide bonds. The van der Waals surface area contributed by atoms with E-state index in [-0.39, 0.29) is 23.9 Å². The summed E-state index contributed by atoms with van der Waals surface area (Å²) in [4.78, 5) is 0. The fraction of sp³-hybridized carbons (Fsp3) is 0.429. The highest BCUT2D eigenvalue weighted by molar-refractivity contribution is 5.85. The van der Waals surface area contributed by atoms with Crippen LogP contribution < -0.4 is 5.32 Å². The van der Waals surface area contributed by atoms with Crippen molar-refractivity contribution >= 4 is 12.4 Å². The molecule has 0 spiro atoms. The molecular weight excluding hydrogens is 318 g/mol. The van der Waals surface area contributed by atoms with Crippen LogP contribution in [0.4, 0.5) is 0 Å². The first-order chi connectivity index (χ1) is 10.9. The van der Waals surface area contributed by atoms with E-state index in [4.69, 9.17) is 4.74 Å². The van der Waals surface area contributed by atoms with E-state index in [9.17, 15) is 0 Å². The monoisotopic (exact) mass is 347 g/mol. The molecule has 0 unspecified atom stereocenters. The van der Waals surface area contributed by atoms with E-state index in [1.54, 1.807) is 0 Å². The number of rotatable bonds is 6. The largest absolute Gasteiger partial charge is 0.375 e. The number of ether oxygens (including phenoxy) is 1. The number of hydrogen-bond donors (Lipinski definition) is 1. The average Bonchev–Trinajstić information content (AvgIpc) is 2.51. The van der Waals surface area contributed by atoms with Crippen molar-refractivity contribution < 1.29 is 4.74 Å². The minimum Gasteiger partial charge on any atom is -0.375 e. The predicted octanol–water partition coefficient (Wildman–Crippen LogP) is 5.19. The van der Waals surface area contributed by atoms with Gasteiger partial charge >= 0.3 is 0 Å². The van der Waals surface area contributed by atoms with E-state index in [0.29, 0.717) is 13.2 Å². The van der Waals surface area contributed by atoms with Gasteiger partial charge in [-0.05, 0) is 36.1 Å². The van der Waals surface area contributed by atoms with E-state index in [1.165, 1.54) is 22.3 Å². The second-order valence-electron chi connectivity index (χ2n) is 7.22. The lowest BCUT2D eigenvalue weighted by molar-refractivity contribution is 0.100. The van der Waals surface area contributed by atoms with Crippen LogP contribution in [-0.2, 0) is 16.8 Å². The maximum absolute atomic E-state index is 5.99. The quantitative estimate of drug-likeness (QED) is 0.776. The van der Waals surface area contributed by atoms with Crippen LogP contribution in [0.15, 0.2) is 48.5 Å². The van der Waals surface area contributed by atoms with Crippen molar-refractivity contribution in [3.05, 3.63) is 70.8 Å². The second-order valence-corrected chi connectivity index (χ2v) is 7.22. The number of benzene rings is 2. The van der Waals surface area contributed by atoms with Gasteiger partial charge in [-0.25, -0.2) is 0 Å². The van der Waals surface area contributed by atoms with Crippen LogP contribution in [0.2, 0.25) is 0 Å². The normalized spacial score (nSPS) is 12.5. The molecule has 0 aromatic heterocycles. The zero-order valence-electron chi connectivity index (χ0n) is 15.4. The molecule has 0 aliphatic rings. The van der Waals surface area contributed by atoms with E-state index < -0.39 is 0 Å². The lowest BCUT2D eigenvalue weighted by atomic mass is 9.85. The Labute approximate surface area is 153 Å². The molecular formula is C21H30ClNO. The number of aryl methyl sites for hydroxylation is 1. The highest BCUT2D eigenvalue weighted by Gasteiger charge is 2.15. The molecule has 2 nitrogen and oxygen atoms in total. The molecule has 1 N–H and O–H groups in total. The SMILES string of the molecule is CN[C@H](COCc1cc(C)cc(C(C)(C)C)c1)c1ccccc1.Cl. The summed E-state index contributed by atoms with van der Waals surface area (Å²) < 4.78 is 5.99. The highest BCUT2D eigenvalue weighted by Crippen LogP contribution is 2.25. The molecule has 0 saturated heterocycles. The van der Waals surface area contributed by atoms with E-state index in [2.05, 4.69) is 75.5 Å². The van der Waals surface area contributed by atoms with Crippen LogP contribution in [0.3, 0.4) is 0 Å². The summed E-state index contributed by atoms with van der Waals surface area (Å²) in [6.07, 6.45) is 0. The molecule has 24 heavy (non-hydrogen) atoms. The molecule has 3 heteroatoms. The Bertz CT molecular complexity index is 619. The van der Waals surface area contributed by atoms with Crippen LogP contribution in [0.1, 0.15) is 49.1 Å². The second kappa shape index (κ2) is 9.22. The first kappa shape index (κ1) is 20.7. The summed E-state index contributed by atoms with van der Waals surface area (Å²) in [5.74, 6) is 0. The van der Waals surface area contributed by atoms with Gasteiger partial charge in [-0.1, -0.05) is 74.9 Å². The van der Waals surface area contributed by atoms with Crippen molar-refractivity contribution in [3.8, 4) is 0 Å². The van der Waals surface area contributed by atoms with E-state index in [1.807, 2.05) is 13.1 Å². The van der Waals surface area contributed by atoms with Crippen molar-refractivity contribution in [1.29, 1.82) is 0 Å². The van der Waals surface area contributed by atoms with Crippen LogP contribution in [-0.4, -0.2) is 13.7 Å². The lowest BCUT2D eigenvalue weighted by Crippen LogP contribution is -2.21. The Morgan fingerprint density at radius 1 is 1.04 bits per heavy atom. The van der Waals surface area contributed by atoms with Gasteiger partial charge in [0.05, 0.1) is 19.3 Å². The highest BCUT2D eigenvalue weighted by atomic mass is 35.5. The first-order valence-electron chi connectivity index (χ1n) is 8.31. The van der Waals surface area contributed by atoms with Crippen molar-refractivity contribution in [2.45, 2.75) is 45.8 Å². The van der Waals surface area contributed by atoms with Crippen LogP contribution in [0.5, 0.6) is 0 Å². The minimum absolute atomic E-state index is 0. The molecule has 132 valence electrons. The third-order valence-electron chi connectivity index (χ3n) is 4.11. The Morgan fingerprint density at radius 3 is 2.29 bits per heavy atom. The topological polar surface area (TPSA) is 21.3 Å². The Hall–Kier alpha value is -1.35. The fourth-order valence-electron chi connectivity index (χ4n) is 2.70. The molecule has 2 rings (SSSR count). The Kier molecular flexibility index (Phi) is 7.95. The number of halogens is 1. The van der Waals surface area contributed by atoms with Gasteiger partial charge in [0.2, 0.25) is 0 Å². The van der Waals surface area contributed by atoms with Crippen molar-refractivity contribution in [2.75, 3.05) is 13.7 Å². The summed E-state index contributed by atoms with van der Waals surface area (Å²) in [7, 11) is 1.98. The number of likely N-dealkylation sites (N-methyl/N-ethyl adjacent to an activating group) is 1. The maximum atomic E-state index is 5.99. The summed E-state index contributed by atoms with van der Waals surface area (Å²) in [6, 6.07) is 17.4. The van der Waals surface area contributed by atoms with Gasteiger partial charge in [0.1, 0.15) is 0 Å². The van der Waals surface area contributed by atoms with Gasteiger partial charge in [0.15, 0.2) is 0 Å². The molecule has 0 heterocycles. The summed E-state index contributed by atoms with van der Waals surface area (Å²) in [5.41, 5.74) is 5.33. The maximum Gasteiger partial charge on any atom is 0.0718 e. The molecule has 1 atom stereocenters. The zero-order valence-corrected chi connectivity index (χ0v) is 16.2. The summed E-state index contributed by atoms with van der Waals surface area (Å²) >= 11 is 0.